The molecule has 1 nitrogen and oxygen atoms in total. The number of fused-ring (bicyclic) bond motifs is 1. The summed E-state index contributed by atoms with van der Waals surface area (Å²) in [6.45, 7) is 5.75. The Hall–Kier alpha value is -0.550. The molecule has 0 saturated carbocycles. The van der Waals surface area contributed by atoms with E-state index >= 15 is 0 Å². The quantitative estimate of drug-likeness (QED) is 0.705. The summed E-state index contributed by atoms with van der Waals surface area (Å²) in [5, 5.41) is 0. The number of hydrogen-bond donors (Lipinski definition) is 0. The van der Waals surface area contributed by atoms with E-state index < -0.39 is 0 Å². The molecule has 3 unspecified atom stereocenters. The van der Waals surface area contributed by atoms with Crippen LogP contribution in [0.2, 0.25) is 0 Å². The van der Waals surface area contributed by atoms with Crippen molar-refractivity contribution in [3.8, 4) is 0 Å². The summed E-state index contributed by atoms with van der Waals surface area (Å²) in [6, 6.07) is 9.47. The maximum Gasteiger partial charge on any atom is 0.0408 e. The molecule has 0 fully saturated rings. The minimum absolute atomic E-state index is 0.612. The molecule has 0 aliphatic carbocycles. The van der Waals surface area contributed by atoms with Crippen molar-refractivity contribution in [1.82, 2.24) is 0 Å². The van der Waals surface area contributed by atoms with Crippen LogP contribution < -0.4 is 4.90 Å². The number of nitrogens with zero attached hydrogens (tertiary/aromatic N) is 1. The Labute approximate surface area is 95.1 Å². The third kappa shape index (κ3) is 2.03. The smallest absolute Gasteiger partial charge is 0.0408 e. The lowest BCUT2D eigenvalue weighted by Crippen LogP contribution is -2.31. The summed E-state index contributed by atoms with van der Waals surface area (Å²) < 4.78 is 0. The number of anilines is 1. The number of rotatable bonds is 3. The Bertz CT molecular complexity index is 337. The lowest BCUT2D eigenvalue weighted by Gasteiger charge is -2.27. The topological polar surface area (TPSA) is 3.24 Å². The average Bonchev–Trinajstić information content (AvgIpc) is 2.58. The first-order valence-electron chi connectivity index (χ1n) is 5.85. The van der Waals surface area contributed by atoms with Crippen LogP contribution in [0.3, 0.4) is 0 Å². The van der Waals surface area contributed by atoms with E-state index in [-0.39, 0.29) is 0 Å². The van der Waals surface area contributed by atoms with E-state index in [4.69, 9.17) is 0 Å². The summed E-state index contributed by atoms with van der Waals surface area (Å²) in [4.78, 5) is 2.55. The fourth-order valence-electron chi connectivity index (χ4n) is 2.46. The fraction of sp³-hybridized carbons (Fsp3) is 0.538. The van der Waals surface area contributed by atoms with Gasteiger partial charge < -0.3 is 4.90 Å². The maximum atomic E-state index is 2.96. The van der Waals surface area contributed by atoms with Gasteiger partial charge in [-0.25, -0.2) is 0 Å². The molecule has 15 heavy (non-hydrogen) atoms. The molecule has 1 aromatic carbocycles. The van der Waals surface area contributed by atoms with Crippen LogP contribution in [0.25, 0.3) is 0 Å². The zero-order valence-corrected chi connectivity index (χ0v) is 10.8. The third-order valence-electron chi connectivity index (χ3n) is 3.28. The summed E-state index contributed by atoms with van der Waals surface area (Å²) in [6.07, 6.45) is 2.55. The van der Waals surface area contributed by atoms with Gasteiger partial charge in [0.2, 0.25) is 0 Å². The van der Waals surface area contributed by atoms with E-state index in [9.17, 15) is 0 Å². The summed E-state index contributed by atoms with van der Waals surface area (Å²) in [5.74, 6) is 0. The molecule has 0 amide bonds. The van der Waals surface area contributed by atoms with Crippen molar-refractivity contribution in [2.75, 3.05) is 11.4 Å². The zero-order chi connectivity index (χ0) is 10.8. The first kappa shape index (κ1) is 11.0. The second-order valence-corrected chi connectivity index (χ2v) is 5.26. The highest BCUT2D eigenvalue weighted by Crippen LogP contribution is 2.41. The van der Waals surface area contributed by atoms with Crippen molar-refractivity contribution in [3.05, 3.63) is 29.8 Å². The van der Waals surface area contributed by atoms with Gasteiger partial charge in [-0.1, -0.05) is 31.5 Å². The van der Waals surface area contributed by atoms with E-state index in [1.807, 2.05) is 0 Å². The molecule has 2 rings (SSSR count). The molecule has 0 spiro atoms. The molecule has 0 saturated heterocycles. The number of benzene rings is 1. The van der Waals surface area contributed by atoms with Crippen LogP contribution in [0.15, 0.2) is 24.3 Å². The number of hydrogen-bond acceptors (Lipinski definition) is 1. The van der Waals surface area contributed by atoms with Gasteiger partial charge in [-0.15, -0.1) is 9.24 Å². The van der Waals surface area contributed by atoms with E-state index in [0.29, 0.717) is 11.7 Å². The van der Waals surface area contributed by atoms with E-state index in [2.05, 4.69) is 52.3 Å². The first-order chi connectivity index (χ1) is 7.24. The molecule has 0 radical (unpaired) electrons. The lowest BCUT2D eigenvalue weighted by atomic mass is 10.1. The molecule has 1 heterocycles. The van der Waals surface area contributed by atoms with Crippen molar-refractivity contribution < 1.29 is 0 Å². The highest BCUT2D eigenvalue weighted by molar-refractivity contribution is 7.17. The first-order valence-corrected chi connectivity index (χ1v) is 6.52. The van der Waals surface area contributed by atoms with Crippen molar-refractivity contribution in [1.29, 1.82) is 0 Å². The predicted octanol–water partition coefficient (Wildman–Crippen LogP) is 3.61. The van der Waals surface area contributed by atoms with Gasteiger partial charge in [-0.2, -0.15) is 0 Å². The minimum Gasteiger partial charge on any atom is -0.368 e. The second-order valence-electron chi connectivity index (χ2n) is 4.46. The normalized spacial score (nSPS) is 21.5. The van der Waals surface area contributed by atoms with Crippen LogP contribution >= 0.6 is 9.24 Å². The predicted molar refractivity (Wildman–Crippen MR) is 70.6 cm³/mol. The Balaban J connectivity index is 2.24. The van der Waals surface area contributed by atoms with Gasteiger partial charge in [0.1, 0.15) is 0 Å². The third-order valence-corrected chi connectivity index (χ3v) is 3.85. The van der Waals surface area contributed by atoms with Crippen LogP contribution in [-0.2, 0) is 0 Å². The molecule has 1 aromatic rings. The maximum absolute atomic E-state index is 2.96. The standard InChI is InChI=1S/C13H20NP/c1-3-6-10(2)14-9-13(15)11-7-4-5-8-12(11)14/h4-5,7-8,10,13H,3,6,9,15H2,1-2H3. The zero-order valence-electron chi connectivity index (χ0n) is 9.61. The molecule has 1 aliphatic rings. The van der Waals surface area contributed by atoms with Gasteiger partial charge in [0.05, 0.1) is 0 Å². The van der Waals surface area contributed by atoms with E-state index in [1.165, 1.54) is 24.1 Å². The Morgan fingerprint density at radius 2 is 2.20 bits per heavy atom. The van der Waals surface area contributed by atoms with Crippen molar-refractivity contribution in [2.24, 2.45) is 0 Å². The van der Waals surface area contributed by atoms with Gasteiger partial charge in [0.25, 0.3) is 0 Å². The molecule has 0 bridgehead atoms. The highest BCUT2D eigenvalue weighted by atomic mass is 31.0. The monoisotopic (exact) mass is 221 g/mol. The minimum atomic E-state index is 0.612. The van der Waals surface area contributed by atoms with Gasteiger partial charge in [0.15, 0.2) is 0 Å². The SMILES string of the molecule is CCCC(C)N1CC(P)c2ccccc21. The fourth-order valence-corrected chi connectivity index (χ4v) is 2.97. The van der Waals surface area contributed by atoms with Gasteiger partial charge >= 0.3 is 0 Å². The summed E-state index contributed by atoms with van der Waals surface area (Å²) in [7, 11) is 2.96. The van der Waals surface area contributed by atoms with Crippen molar-refractivity contribution in [3.63, 3.8) is 0 Å². The van der Waals surface area contributed by atoms with Crippen LogP contribution in [0.4, 0.5) is 5.69 Å². The van der Waals surface area contributed by atoms with Crippen LogP contribution in [-0.4, -0.2) is 12.6 Å². The second kappa shape index (κ2) is 4.53. The van der Waals surface area contributed by atoms with Crippen LogP contribution in [0.5, 0.6) is 0 Å². The van der Waals surface area contributed by atoms with Crippen LogP contribution in [0, 0.1) is 0 Å². The van der Waals surface area contributed by atoms with Gasteiger partial charge in [0, 0.05) is 23.9 Å². The molecular formula is C13H20NP. The number of para-hydroxylation sites is 1. The largest absolute Gasteiger partial charge is 0.368 e. The van der Waals surface area contributed by atoms with Crippen molar-refractivity contribution in [2.45, 2.75) is 38.4 Å². The Morgan fingerprint density at radius 3 is 2.93 bits per heavy atom. The molecule has 0 aromatic heterocycles. The van der Waals surface area contributed by atoms with Crippen molar-refractivity contribution >= 4 is 14.9 Å². The Morgan fingerprint density at radius 1 is 1.47 bits per heavy atom. The molecule has 2 heteroatoms. The highest BCUT2D eigenvalue weighted by Gasteiger charge is 2.27. The van der Waals surface area contributed by atoms with E-state index in [1.54, 1.807) is 0 Å². The molecular weight excluding hydrogens is 201 g/mol. The molecule has 0 N–H and O–H groups in total. The Kier molecular flexibility index (Phi) is 3.31. The van der Waals surface area contributed by atoms with Gasteiger partial charge in [-0.05, 0) is 25.0 Å². The summed E-state index contributed by atoms with van der Waals surface area (Å²) >= 11 is 0. The molecule has 82 valence electrons. The summed E-state index contributed by atoms with van der Waals surface area (Å²) in [5.41, 5.74) is 3.55. The lowest BCUT2D eigenvalue weighted by molar-refractivity contribution is 0.594. The van der Waals surface area contributed by atoms with E-state index in [0.717, 1.165) is 6.54 Å². The molecule has 3 atom stereocenters. The average molecular weight is 221 g/mol. The van der Waals surface area contributed by atoms with Crippen LogP contribution in [0.1, 0.15) is 37.9 Å². The van der Waals surface area contributed by atoms with Gasteiger partial charge in [-0.3, -0.25) is 0 Å². The molecule has 1 aliphatic heterocycles.